The molecule has 0 saturated carbocycles. The minimum atomic E-state index is 0.612. The van der Waals surface area contributed by atoms with Crippen LogP contribution in [0.5, 0.6) is 0 Å². The third kappa shape index (κ3) is 2.73. The lowest BCUT2D eigenvalue weighted by Crippen LogP contribution is -2.12. The molecule has 2 nitrogen and oxygen atoms in total. The van der Waals surface area contributed by atoms with E-state index in [2.05, 4.69) is 16.2 Å². The van der Waals surface area contributed by atoms with Crippen LogP contribution in [0.3, 0.4) is 0 Å². The van der Waals surface area contributed by atoms with Crippen LogP contribution >= 0.6 is 0 Å². The van der Waals surface area contributed by atoms with E-state index in [1.165, 1.54) is 5.56 Å². The van der Waals surface area contributed by atoms with Crippen molar-refractivity contribution in [1.29, 1.82) is 0 Å². The van der Waals surface area contributed by atoms with Crippen LogP contribution in [0.4, 0.5) is 0 Å². The highest BCUT2D eigenvalue weighted by Crippen LogP contribution is 1.99. The van der Waals surface area contributed by atoms with Crippen molar-refractivity contribution in [3.05, 3.63) is 29.6 Å². The fourth-order valence-corrected chi connectivity index (χ4v) is 0.993. The second kappa shape index (κ2) is 4.53. The van der Waals surface area contributed by atoms with Gasteiger partial charge in [0.1, 0.15) is 0 Å². The summed E-state index contributed by atoms with van der Waals surface area (Å²) in [4.78, 5) is 4.10. The average molecular weight is 160 g/mol. The van der Waals surface area contributed by atoms with Crippen molar-refractivity contribution in [3.8, 4) is 12.3 Å². The molecule has 12 heavy (non-hydrogen) atoms. The van der Waals surface area contributed by atoms with Gasteiger partial charge in [-0.15, -0.1) is 6.42 Å². The van der Waals surface area contributed by atoms with E-state index in [-0.39, 0.29) is 0 Å². The molecule has 0 atom stereocenters. The van der Waals surface area contributed by atoms with Crippen molar-refractivity contribution in [2.75, 3.05) is 6.54 Å². The van der Waals surface area contributed by atoms with Crippen molar-refractivity contribution in [2.24, 2.45) is 0 Å². The Morgan fingerprint density at radius 1 is 1.67 bits per heavy atom. The maximum atomic E-state index is 5.10. The quantitative estimate of drug-likeness (QED) is 0.529. The van der Waals surface area contributed by atoms with Crippen molar-refractivity contribution >= 4 is 0 Å². The number of rotatable bonds is 3. The molecule has 0 radical (unpaired) electrons. The standard InChI is InChI=1S/C10H12N2/c1-3-5-11-8-10-4-6-12-9(2)7-10/h1,4,6-7,11H,5,8H2,2H3. The lowest BCUT2D eigenvalue weighted by Gasteiger charge is -2.01. The minimum absolute atomic E-state index is 0.612. The third-order valence-electron chi connectivity index (χ3n) is 1.52. The van der Waals surface area contributed by atoms with Gasteiger partial charge in [-0.25, -0.2) is 0 Å². The Morgan fingerprint density at radius 2 is 2.50 bits per heavy atom. The Morgan fingerprint density at radius 3 is 3.17 bits per heavy atom. The lowest BCUT2D eigenvalue weighted by molar-refractivity contribution is 0.768. The summed E-state index contributed by atoms with van der Waals surface area (Å²) < 4.78 is 0. The zero-order chi connectivity index (χ0) is 8.81. The fourth-order valence-electron chi connectivity index (χ4n) is 0.993. The molecular weight excluding hydrogens is 148 g/mol. The number of terminal acetylenes is 1. The normalized spacial score (nSPS) is 9.33. The van der Waals surface area contributed by atoms with Gasteiger partial charge < -0.3 is 5.32 Å². The molecule has 1 heterocycles. The predicted octanol–water partition coefficient (Wildman–Crippen LogP) is 1.11. The van der Waals surface area contributed by atoms with Crippen molar-refractivity contribution in [2.45, 2.75) is 13.5 Å². The van der Waals surface area contributed by atoms with Gasteiger partial charge in [-0.1, -0.05) is 5.92 Å². The first kappa shape index (κ1) is 8.76. The van der Waals surface area contributed by atoms with E-state index in [9.17, 15) is 0 Å². The molecule has 62 valence electrons. The molecule has 1 rings (SSSR count). The Balaban J connectivity index is 2.48. The number of aryl methyl sites for hydroxylation is 1. The maximum Gasteiger partial charge on any atom is 0.0576 e. The first-order valence-electron chi connectivity index (χ1n) is 3.88. The Hall–Kier alpha value is -1.33. The molecule has 0 spiro atoms. The van der Waals surface area contributed by atoms with Crippen LogP contribution < -0.4 is 5.32 Å². The number of nitrogens with zero attached hydrogens (tertiary/aromatic N) is 1. The van der Waals surface area contributed by atoms with E-state index < -0.39 is 0 Å². The van der Waals surface area contributed by atoms with Crippen LogP contribution in [0.2, 0.25) is 0 Å². The minimum Gasteiger partial charge on any atom is -0.302 e. The highest BCUT2D eigenvalue weighted by atomic mass is 14.8. The highest BCUT2D eigenvalue weighted by molar-refractivity contribution is 5.15. The highest BCUT2D eigenvalue weighted by Gasteiger charge is 1.91. The molecule has 0 amide bonds. The maximum absolute atomic E-state index is 5.10. The van der Waals surface area contributed by atoms with Crippen LogP contribution in [0.15, 0.2) is 18.3 Å². The van der Waals surface area contributed by atoms with Crippen LogP contribution in [-0.4, -0.2) is 11.5 Å². The summed E-state index contributed by atoms with van der Waals surface area (Å²) in [6.45, 7) is 3.40. The smallest absolute Gasteiger partial charge is 0.0576 e. The van der Waals surface area contributed by atoms with Gasteiger partial charge in [0.05, 0.1) is 6.54 Å². The number of nitrogens with one attached hydrogen (secondary N) is 1. The van der Waals surface area contributed by atoms with Crippen molar-refractivity contribution < 1.29 is 0 Å². The van der Waals surface area contributed by atoms with Gasteiger partial charge in [0.15, 0.2) is 0 Å². The first-order valence-corrected chi connectivity index (χ1v) is 3.88. The molecule has 0 saturated heterocycles. The molecule has 0 aliphatic heterocycles. The molecule has 0 aliphatic rings. The summed E-state index contributed by atoms with van der Waals surface area (Å²) in [6, 6.07) is 4.03. The molecule has 1 aromatic heterocycles. The van der Waals surface area contributed by atoms with Gasteiger partial charge in [-0.3, -0.25) is 4.98 Å². The van der Waals surface area contributed by atoms with Gasteiger partial charge in [0.25, 0.3) is 0 Å². The molecular formula is C10H12N2. The van der Waals surface area contributed by atoms with Crippen LogP contribution in [-0.2, 0) is 6.54 Å². The first-order chi connectivity index (χ1) is 5.83. The predicted molar refractivity (Wildman–Crippen MR) is 49.5 cm³/mol. The Kier molecular flexibility index (Phi) is 3.31. The van der Waals surface area contributed by atoms with Crippen molar-refractivity contribution in [1.82, 2.24) is 10.3 Å². The lowest BCUT2D eigenvalue weighted by atomic mass is 10.2. The van der Waals surface area contributed by atoms with Crippen LogP contribution in [0.25, 0.3) is 0 Å². The number of hydrogen-bond donors (Lipinski definition) is 1. The molecule has 2 heteroatoms. The fraction of sp³-hybridized carbons (Fsp3) is 0.300. The average Bonchev–Trinajstić information content (AvgIpc) is 2.05. The summed E-state index contributed by atoms with van der Waals surface area (Å²) in [7, 11) is 0. The second-order valence-electron chi connectivity index (χ2n) is 2.61. The van der Waals surface area contributed by atoms with E-state index in [1.54, 1.807) is 0 Å². The summed E-state index contributed by atoms with van der Waals surface area (Å²) in [5.74, 6) is 2.53. The topological polar surface area (TPSA) is 24.9 Å². The third-order valence-corrected chi connectivity index (χ3v) is 1.52. The molecule has 1 aromatic rings. The van der Waals surface area contributed by atoms with Gasteiger partial charge >= 0.3 is 0 Å². The van der Waals surface area contributed by atoms with E-state index in [0.717, 1.165) is 12.2 Å². The van der Waals surface area contributed by atoms with Gasteiger partial charge in [0.2, 0.25) is 0 Å². The van der Waals surface area contributed by atoms with Crippen LogP contribution in [0, 0.1) is 19.3 Å². The molecule has 0 unspecified atom stereocenters. The Labute approximate surface area is 73.0 Å². The van der Waals surface area contributed by atoms with E-state index in [4.69, 9.17) is 6.42 Å². The van der Waals surface area contributed by atoms with E-state index >= 15 is 0 Å². The van der Waals surface area contributed by atoms with E-state index in [1.807, 2.05) is 25.3 Å². The van der Waals surface area contributed by atoms with E-state index in [0.29, 0.717) is 6.54 Å². The second-order valence-corrected chi connectivity index (χ2v) is 2.61. The summed E-state index contributed by atoms with van der Waals surface area (Å²) in [6.07, 6.45) is 6.91. The molecule has 0 fully saturated rings. The Bertz CT molecular complexity index is 286. The summed E-state index contributed by atoms with van der Waals surface area (Å²) in [5, 5.41) is 3.11. The number of pyridine rings is 1. The van der Waals surface area contributed by atoms with Crippen molar-refractivity contribution in [3.63, 3.8) is 0 Å². The molecule has 0 aliphatic carbocycles. The molecule has 0 bridgehead atoms. The number of aromatic nitrogens is 1. The molecule has 0 aromatic carbocycles. The SMILES string of the molecule is C#CCNCc1ccnc(C)c1. The zero-order valence-corrected chi connectivity index (χ0v) is 7.17. The summed E-state index contributed by atoms with van der Waals surface area (Å²) >= 11 is 0. The van der Waals surface area contributed by atoms with Gasteiger partial charge in [-0.2, -0.15) is 0 Å². The largest absolute Gasteiger partial charge is 0.302 e. The molecule has 1 N–H and O–H groups in total. The van der Waals surface area contributed by atoms with Gasteiger partial charge in [-0.05, 0) is 24.6 Å². The van der Waals surface area contributed by atoms with Crippen LogP contribution in [0.1, 0.15) is 11.3 Å². The summed E-state index contributed by atoms with van der Waals surface area (Å²) in [5.41, 5.74) is 2.26. The van der Waals surface area contributed by atoms with Gasteiger partial charge in [0, 0.05) is 18.4 Å². The number of hydrogen-bond acceptors (Lipinski definition) is 2. The zero-order valence-electron chi connectivity index (χ0n) is 7.17. The monoisotopic (exact) mass is 160 g/mol.